The van der Waals surface area contributed by atoms with Gasteiger partial charge in [-0.25, -0.2) is 4.68 Å². The van der Waals surface area contributed by atoms with Crippen LogP contribution in [0.3, 0.4) is 0 Å². The van der Waals surface area contributed by atoms with Crippen molar-refractivity contribution < 1.29 is 0 Å². The highest BCUT2D eigenvalue weighted by molar-refractivity contribution is 5.48. The number of anilines is 1. The number of aromatic nitrogens is 2. The summed E-state index contributed by atoms with van der Waals surface area (Å²) in [6, 6.07) is 1.68. The average molecular weight is 221 g/mol. The van der Waals surface area contributed by atoms with E-state index >= 15 is 0 Å². The second-order valence-corrected chi connectivity index (χ2v) is 4.78. The monoisotopic (exact) mass is 221 g/mol. The van der Waals surface area contributed by atoms with Gasteiger partial charge < -0.3 is 5.32 Å². The molecule has 4 heteroatoms. The van der Waals surface area contributed by atoms with Crippen LogP contribution < -0.4 is 10.9 Å². The van der Waals surface area contributed by atoms with Crippen LogP contribution in [0.25, 0.3) is 0 Å². The standard InChI is InChI=1S/C12H19N3O/c1-9(2)5-7-15-12(16)8-11-10(14-15)4-3-6-13-11/h8-9,13H,3-7H2,1-2H3. The van der Waals surface area contributed by atoms with Gasteiger partial charge in [-0.1, -0.05) is 13.8 Å². The van der Waals surface area contributed by atoms with Gasteiger partial charge in [0.15, 0.2) is 0 Å². The minimum atomic E-state index is 0.00815. The first-order valence-electron chi connectivity index (χ1n) is 6.01. The highest BCUT2D eigenvalue weighted by Gasteiger charge is 2.12. The lowest BCUT2D eigenvalue weighted by molar-refractivity contribution is 0.465. The first-order chi connectivity index (χ1) is 7.66. The Labute approximate surface area is 95.7 Å². The van der Waals surface area contributed by atoms with Crippen LogP contribution in [0.4, 0.5) is 5.69 Å². The summed E-state index contributed by atoms with van der Waals surface area (Å²) in [6.45, 7) is 5.99. The number of aryl methyl sites for hydroxylation is 2. The fourth-order valence-corrected chi connectivity index (χ4v) is 1.89. The first-order valence-corrected chi connectivity index (χ1v) is 6.01. The summed E-state index contributed by atoms with van der Waals surface area (Å²) in [4.78, 5) is 11.8. The molecule has 1 aliphatic rings. The summed E-state index contributed by atoms with van der Waals surface area (Å²) in [7, 11) is 0. The van der Waals surface area contributed by atoms with E-state index < -0.39 is 0 Å². The fraction of sp³-hybridized carbons (Fsp3) is 0.667. The molecule has 0 amide bonds. The maximum Gasteiger partial charge on any atom is 0.268 e. The fourth-order valence-electron chi connectivity index (χ4n) is 1.89. The van der Waals surface area contributed by atoms with E-state index in [1.54, 1.807) is 10.7 Å². The Hall–Kier alpha value is -1.32. The summed E-state index contributed by atoms with van der Waals surface area (Å²) in [5, 5.41) is 7.65. The van der Waals surface area contributed by atoms with Gasteiger partial charge in [0, 0.05) is 19.2 Å². The van der Waals surface area contributed by atoms with Gasteiger partial charge in [-0.2, -0.15) is 5.10 Å². The zero-order valence-electron chi connectivity index (χ0n) is 9.99. The Bertz CT molecular complexity index is 423. The molecule has 88 valence electrons. The topological polar surface area (TPSA) is 46.9 Å². The molecule has 0 saturated heterocycles. The summed E-state index contributed by atoms with van der Waals surface area (Å²) < 4.78 is 1.60. The van der Waals surface area contributed by atoms with Gasteiger partial charge in [0.1, 0.15) is 0 Å². The van der Waals surface area contributed by atoms with Crippen LogP contribution in [0.5, 0.6) is 0 Å². The van der Waals surface area contributed by atoms with Gasteiger partial charge in [-0.3, -0.25) is 4.79 Å². The number of nitrogens with one attached hydrogen (secondary N) is 1. The quantitative estimate of drug-likeness (QED) is 0.844. The van der Waals surface area contributed by atoms with Crippen LogP contribution in [-0.2, 0) is 13.0 Å². The summed E-state index contributed by atoms with van der Waals surface area (Å²) in [5.74, 6) is 0.600. The molecular formula is C12H19N3O. The molecule has 2 heterocycles. The lowest BCUT2D eigenvalue weighted by atomic mass is 10.1. The minimum Gasteiger partial charge on any atom is -0.383 e. The molecule has 2 rings (SSSR count). The Morgan fingerprint density at radius 2 is 2.38 bits per heavy atom. The predicted octanol–water partition coefficient (Wildman–Crippen LogP) is 1.65. The molecule has 0 unspecified atom stereocenters. The number of hydrogen-bond donors (Lipinski definition) is 1. The maximum atomic E-state index is 11.8. The number of rotatable bonds is 3. The van der Waals surface area contributed by atoms with E-state index in [0.29, 0.717) is 5.92 Å². The molecule has 0 saturated carbocycles. The van der Waals surface area contributed by atoms with Gasteiger partial charge in [0.25, 0.3) is 5.56 Å². The Balaban J connectivity index is 2.22. The van der Waals surface area contributed by atoms with Crippen molar-refractivity contribution in [2.45, 2.75) is 39.7 Å². The van der Waals surface area contributed by atoms with Crippen molar-refractivity contribution in [1.82, 2.24) is 9.78 Å². The number of hydrogen-bond acceptors (Lipinski definition) is 3. The van der Waals surface area contributed by atoms with Crippen LogP contribution in [-0.4, -0.2) is 16.3 Å². The molecule has 0 radical (unpaired) electrons. The SMILES string of the molecule is CC(C)CCn1nc2c(cc1=O)NCCC2. The van der Waals surface area contributed by atoms with E-state index in [0.717, 1.165) is 43.7 Å². The third kappa shape index (κ3) is 2.43. The third-order valence-electron chi connectivity index (χ3n) is 2.90. The molecule has 0 atom stereocenters. The molecular weight excluding hydrogens is 202 g/mol. The van der Waals surface area contributed by atoms with Crippen molar-refractivity contribution in [3.8, 4) is 0 Å². The maximum absolute atomic E-state index is 11.8. The lowest BCUT2D eigenvalue weighted by Gasteiger charge is -2.18. The zero-order valence-corrected chi connectivity index (χ0v) is 9.99. The lowest BCUT2D eigenvalue weighted by Crippen LogP contribution is -2.27. The molecule has 16 heavy (non-hydrogen) atoms. The van der Waals surface area contributed by atoms with Gasteiger partial charge in [0.2, 0.25) is 0 Å². The van der Waals surface area contributed by atoms with E-state index in [1.165, 1.54) is 0 Å². The van der Waals surface area contributed by atoms with E-state index in [-0.39, 0.29) is 5.56 Å². The largest absolute Gasteiger partial charge is 0.383 e. The molecule has 0 aromatic carbocycles. The Kier molecular flexibility index (Phi) is 3.27. The molecule has 1 aromatic rings. The molecule has 1 aliphatic heterocycles. The van der Waals surface area contributed by atoms with Gasteiger partial charge in [-0.15, -0.1) is 0 Å². The second-order valence-electron chi connectivity index (χ2n) is 4.78. The van der Waals surface area contributed by atoms with E-state index in [4.69, 9.17) is 0 Å². The van der Waals surface area contributed by atoms with E-state index in [9.17, 15) is 4.79 Å². The minimum absolute atomic E-state index is 0.00815. The molecule has 1 N–H and O–H groups in total. The van der Waals surface area contributed by atoms with Crippen molar-refractivity contribution in [3.05, 3.63) is 22.1 Å². The second kappa shape index (κ2) is 4.68. The van der Waals surface area contributed by atoms with Crippen molar-refractivity contribution in [2.24, 2.45) is 5.92 Å². The normalized spacial score (nSPS) is 14.7. The van der Waals surface area contributed by atoms with Crippen LogP contribution in [0.1, 0.15) is 32.4 Å². The van der Waals surface area contributed by atoms with E-state index in [2.05, 4.69) is 24.3 Å². The Morgan fingerprint density at radius 3 is 3.12 bits per heavy atom. The molecule has 0 spiro atoms. The Morgan fingerprint density at radius 1 is 1.56 bits per heavy atom. The highest BCUT2D eigenvalue weighted by atomic mass is 16.1. The summed E-state index contributed by atoms with van der Waals surface area (Å²) in [6.07, 6.45) is 3.08. The van der Waals surface area contributed by atoms with Crippen LogP contribution in [0.2, 0.25) is 0 Å². The highest BCUT2D eigenvalue weighted by Crippen LogP contribution is 2.16. The van der Waals surface area contributed by atoms with Gasteiger partial charge in [-0.05, 0) is 25.2 Å². The first kappa shape index (κ1) is 11.2. The predicted molar refractivity (Wildman–Crippen MR) is 64.8 cm³/mol. The van der Waals surface area contributed by atoms with Crippen LogP contribution in [0, 0.1) is 5.92 Å². The van der Waals surface area contributed by atoms with Crippen LogP contribution in [0.15, 0.2) is 10.9 Å². The molecule has 0 fully saturated rings. The van der Waals surface area contributed by atoms with Crippen molar-refractivity contribution >= 4 is 5.69 Å². The zero-order chi connectivity index (χ0) is 11.5. The van der Waals surface area contributed by atoms with E-state index in [1.807, 2.05) is 0 Å². The molecule has 4 nitrogen and oxygen atoms in total. The summed E-state index contributed by atoms with van der Waals surface area (Å²) >= 11 is 0. The molecule has 1 aromatic heterocycles. The smallest absolute Gasteiger partial charge is 0.268 e. The number of nitrogens with zero attached hydrogens (tertiary/aromatic N) is 2. The number of fused-ring (bicyclic) bond motifs is 1. The van der Waals surface area contributed by atoms with Crippen molar-refractivity contribution in [1.29, 1.82) is 0 Å². The van der Waals surface area contributed by atoms with Crippen molar-refractivity contribution in [2.75, 3.05) is 11.9 Å². The molecule has 0 bridgehead atoms. The average Bonchev–Trinajstić information content (AvgIpc) is 2.26. The van der Waals surface area contributed by atoms with Gasteiger partial charge >= 0.3 is 0 Å². The van der Waals surface area contributed by atoms with Crippen molar-refractivity contribution in [3.63, 3.8) is 0 Å². The third-order valence-corrected chi connectivity index (χ3v) is 2.90. The van der Waals surface area contributed by atoms with Crippen LogP contribution >= 0.6 is 0 Å². The molecule has 0 aliphatic carbocycles. The van der Waals surface area contributed by atoms with Gasteiger partial charge in [0.05, 0.1) is 11.4 Å². The summed E-state index contributed by atoms with van der Waals surface area (Å²) in [5.41, 5.74) is 1.97.